The zero-order chi connectivity index (χ0) is 55.1. The van der Waals surface area contributed by atoms with E-state index >= 15 is 0 Å². The Morgan fingerprint density at radius 2 is 0.723 bits per heavy atom. The van der Waals surface area contributed by atoms with E-state index in [0.29, 0.717) is 5.82 Å². The van der Waals surface area contributed by atoms with E-state index in [1.807, 2.05) is 54.9 Å². The number of hydrogen-bond donors (Lipinski definition) is 0. The molecule has 0 bridgehead atoms. The molecule has 0 saturated heterocycles. The normalized spacial score (nSPS) is 11.4. The van der Waals surface area contributed by atoms with Gasteiger partial charge in [0.25, 0.3) is 0 Å². The van der Waals surface area contributed by atoms with Crippen molar-refractivity contribution in [3.63, 3.8) is 0 Å². The molecule has 0 spiro atoms. The van der Waals surface area contributed by atoms with Crippen molar-refractivity contribution in [2.75, 3.05) is 0 Å². The van der Waals surface area contributed by atoms with Crippen molar-refractivity contribution >= 4 is 49.1 Å². The van der Waals surface area contributed by atoms with Crippen molar-refractivity contribution in [1.29, 1.82) is 0 Å². The zero-order valence-corrected chi connectivity index (χ0v) is 45.1. The van der Waals surface area contributed by atoms with Gasteiger partial charge in [0.15, 0.2) is 5.82 Å². The Bertz CT molecular complexity index is 4800. The van der Waals surface area contributed by atoms with Crippen molar-refractivity contribution in [3.05, 3.63) is 310 Å². The zero-order valence-electron chi connectivity index (χ0n) is 45.1. The standard InChI is InChI=1S/C38H25N5.C38H26N2/c1-2-10-26(11-3-1)34-22-28(23-35(42-34)33-14-8-9-21-39-33)29-24-40-38(41-25-29)27-17-19-30(20-18-27)43-36-15-6-4-12-31(36)32-13-5-7-16-37(32)43;1-2-10-30(11-3-1)38-34(26-39-25-9-8-16-37(38)39)29-19-17-27(18-20-29)28-21-23-31(24-22-28)40-35-14-6-4-12-32(35)33-13-5-7-15-36(33)40/h1-25H;1-26H. The van der Waals surface area contributed by atoms with Crippen LogP contribution in [0, 0.1) is 0 Å². The van der Waals surface area contributed by atoms with Crippen LogP contribution in [0.25, 0.3) is 139 Å². The molecule has 390 valence electrons. The van der Waals surface area contributed by atoms with Crippen LogP contribution in [0.4, 0.5) is 0 Å². The van der Waals surface area contributed by atoms with Crippen LogP contribution in [0.2, 0.25) is 0 Å². The number of aromatic nitrogens is 7. The summed E-state index contributed by atoms with van der Waals surface area (Å²) >= 11 is 0. The second-order valence-corrected chi connectivity index (χ2v) is 20.7. The highest BCUT2D eigenvalue weighted by molar-refractivity contribution is 6.10. The molecular weight excluding hydrogens is 1010 g/mol. The summed E-state index contributed by atoms with van der Waals surface area (Å²) < 4.78 is 6.89. The van der Waals surface area contributed by atoms with Crippen molar-refractivity contribution in [2.24, 2.45) is 0 Å². The largest absolute Gasteiger partial charge is 0.323 e. The van der Waals surface area contributed by atoms with Gasteiger partial charge in [-0.05, 0) is 125 Å². The summed E-state index contributed by atoms with van der Waals surface area (Å²) in [5, 5.41) is 5.06. The molecule has 0 aliphatic heterocycles. The summed E-state index contributed by atoms with van der Waals surface area (Å²) in [6.45, 7) is 0. The minimum absolute atomic E-state index is 0.680. The summed E-state index contributed by atoms with van der Waals surface area (Å²) in [5.41, 5.74) is 22.1. The number of fused-ring (bicyclic) bond motifs is 7. The molecule has 0 aliphatic rings. The van der Waals surface area contributed by atoms with E-state index in [9.17, 15) is 0 Å². The monoisotopic (exact) mass is 1060 g/mol. The molecule has 0 atom stereocenters. The Labute approximate surface area is 480 Å². The van der Waals surface area contributed by atoms with Gasteiger partial charge in [-0.25, -0.2) is 15.0 Å². The lowest BCUT2D eigenvalue weighted by Crippen LogP contribution is -1.95. The summed E-state index contributed by atoms with van der Waals surface area (Å²) in [6.07, 6.45) is 9.92. The van der Waals surface area contributed by atoms with Crippen LogP contribution in [-0.2, 0) is 0 Å². The summed E-state index contributed by atoms with van der Waals surface area (Å²) in [7, 11) is 0. The molecule has 0 saturated carbocycles. The first-order valence-corrected chi connectivity index (χ1v) is 27.9. The van der Waals surface area contributed by atoms with Gasteiger partial charge in [-0.1, -0.05) is 182 Å². The molecule has 83 heavy (non-hydrogen) atoms. The average molecular weight is 1060 g/mol. The smallest absolute Gasteiger partial charge is 0.159 e. The maximum atomic E-state index is 4.93. The molecule has 0 radical (unpaired) electrons. The first kappa shape index (κ1) is 48.8. The van der Waals surface area contributed by atoms with Gasteiger partial charge < -0.3 is 13.5 Å². The lowest BCUT2D eigenvalue weighted by Gasteiger charge is -2.10. The van der Waals surface area contributed by atoms with E-state index in [1.54, 1.807) is 6.20 Å². The highest BCUT2D eigenvalue weighted by atomic mass is 15.0. The molecule has 0 aliphatic carbocycles. The Morgan fingerprint density at radius 3 is 1.27 bits per heavy atom. The summed E-state index contributed by atoms with van der Waals surface area (Å²) in [6, 6.07) is 98.0. The van der Waals surface area contributed by atoms with E-state index in [2.05, 4.69) is 268 Å². The quantitative estimate of drug-likeness (QED) is 0.144. The Morgan fingerprint density at radius 1 is 0.277 bits per heavy atom. The van der Waals surface area contributed by atoms with E-state index in [-0.39, 0.29) is 0 Å². The van der Waals surface area contributed by atoms with Gasteiger partial charge in [0.1, 0.15) is 0 Å². The number of pyridine rings is 3. The SMILES string of the molecule is c1ccc(-c2c(-c3ccc(-c4ccc(-n5c6ccccc6c6ccccc65)cc4)cc3)cn3ccccc23)cc1.c1ccc(-c2cc(-c3cnc(-c4ccc(-n5c6ccccc6c6ccccc65)cc4)nc3)cc(-c3ccccn3)n2)cc1. The van der Waals surface area contributed by atoms with Gasteiger partial charge in [-0.3, -0.25) is 4.98 Å². The topological polar surface area (TPSA) is 65.8 Å². The lowest BCUT2D eigenvalue weighted by atomic mass is 9.96. The molecule has 16 aromatic rings. The molecule has 0 amide bonds. The predicted molar refractivity (Wildman–Crippen MR) is 342 cm³/mol. The number of nitrogens with zero attached hydrogens (tertiary/aromatic N) is 7. The first-order valence-electron chi connectivity index (χ1n) is 27.9. The fraction of sp³-hybridized carbons (Fsp3) is 0. The summed E-state index contributed by atoms with van der Waals surface area (Å²) in [5.74, 6) is 0.680. The van der Waals surface area contributed by atoms with Crippen molar-refractivity contribution in [2.45, 2.75) is 0 Å². The molecule has 0 unspecified atom stereocenters. The average Bonchev–Trinajstić information content (AvgIpc) is 3.71. The number of hydrogen-bond acceptors (Lipinski definition) is 4. The minimum atomic E-state index is 0.680. The highest BCUT2D eigenvalue weighted by Gasteiger charge is 2.17. The molecule has 0 fully saturated rings. The second-order valence-electron chi connectivity index (χ2n) is 20.7. The molecule has 0 N–H and O–H groups in total. The number of benzene rings is 9. The first-order chi connectivity index (χ1) is 41.2. The lowest BCUT2D eigenvalue weighted by molar-refractivity contribution is 1.16. The van der Waals surface area contributed by atoms with E-state index in [1.165, 1.54) is 88.2 Å². The fourth-order valence-corrected chi connectivity index (χ4v) is 11.8. The fourth-order valence-electron chi connectivity index (χ4n) is 11.8. The third kappa shape index (κ3) is 9.09. The number of rotatable bonds is 9. The maximum absolute atomic E-state index is 4.93. The second kappa shape index (κ2) is 21.1. The van der Waals surface area contributed by atoms with Crippen LogP contribution < -0.4 is 0 Å². The molecule has 9 aromatic carbocycles. The van der Waals surface area contributed by atoms with Crippen LogP contribution in [0.3, 0.4) is 0 Å². The summed E-state index contributed by atoms with van der Waals surface area (Å²) in [4.78, 5) is 19.0. The molecule has 7 nitrogen and oxygen atoms in total. The van der Waals surface area contributed by atoms with Crippen molar-refractivity contribution in [1.82, 2.24) is 33.5 Å². The molecule has 7 aromatic heterocycles. The van der Waals surface area contributed by atoms with Gasteiger partial charge in [0, 0.05) is 91.7 Å². The highest BCUT2D eigenvalue weighted by Crippen LogP contribution is 2.39. The maximum Gasteiger partial charge on any atom is 0.159 e. The van der Waals surface area contributed by atoms with Crippen LogP contribution in [-0.4, -0.2) is 33.5 Å². The predicted octanol–water partition coefficient (Wildman–Crippen LogP) is 19.1. The van der Waals surface area contributed by atoms with Crippen LogP contribution >= 0.6 is 0 Å². The van der Waals surface area contributed by atoms with Crippen molar-refractivity contribution < 1.29 is 0 Å². The van der Waals surface area contributed by atoms with Gasteiger partial charge >= 0.3 is 0 Å². The Balaban J connectivity index is 0.000000142. The third-order valence-electron chi connectivity index (χ3n) is 15.8. The van der Waals surface area contributed by atoms with Crippen LogP contribution in [0.15, 0.2) is 310 Å². The Hall–Kier alpha value is -11.3. The van der Waals surface area contributed by atoms with Crippen LogP contribution in [0.5, 0.6) is 0 Å². The van der Waals surface area contributed by atoms with Gasteiger partial charge in [-0.15, -0.1) is 0 Å². The Kier molecular flexibility index (Phi) is 12.4. The number of para-hydroxylation sites is 4. The van der Waals surface area contributed by atoms with E-state index in [0.717, 1.165) is 45.0 Å². The van der Waals surface area contributed by atoms with Gasteiger partial charge in [-0.2, -0.15) is 0 Å². The van der Waals surface area contributed by atoms with E-state index < -0.39 is 0 Å². The van der Waals surface area contributed by atoms with E-state index in [4.69, 9.17) is 15.0 Å². The molecule has 7 heterocycles. The van der Waals surface area contributed by atoms with Crippen molar-refractivity contribution in [3.8, 4) is 89.9 Å². The molecule has 16 rings (SSSR count). The van der Waals surface area contributed by atoms with Gasteiger partial charge in [0.05, 0.1) is 44.7 Å². The molecular formula is C76H51N7. The third-order valence-corrected chi connectivity index (χ3v) is 15.8. The minimum Gasteiger partial charge on any atom is -0.323 e. The molecule has 7 heteroatoms. The van der Waals surface area contributed by atoms with Crippen LogP contribution in [0.1, 0.15) is 0 Å². The van der Waals surface area contributed by atoms with Gasteiger partial charge in [0.2, 0.25) is 0 Å².